The molecule has 0 aliphatic carbocycles. The molecule has 0 bridgehead atoms. The molecule has 1 fully saturated rings. The molecule has 5 rings (SSSR count). The van der Waals surface area contributed by atoms with E-state index in [0.717, 1.165) is 83.9 Å². The maximum absolute atomic E-state index is 13.8. The van der Waals surface area contributed by atoms with E-state index in [0.29, 0.717) is 12.0 Å². The molecule has 2 aliphatic rings. The predicted octanol–water partition coefficient (Wildman–Crippen LogP) is 9.01. The van der Waals surface area contributed by atoms with Gasteiger partial charge in [0.1, 0.15) is 11.9 Å². The molecule has 0 N–H and O–H groups in total. The highest BCUT2D eigenvalue weighted by atomic mass is 19.2. The summed E-state index contributed by atoms with van der Waals surface area (Å²) in [6.07, 6.45) is 2.69. The van der Waals surface area contributed by atoms with Crippen molar-refractivity contribution in [2.75, 3.05) is 18.0 Å². The van der Waals surface area contributed by atoms with Crippen LogP contribution in [0.15, 0.2) is 36.4 Å². The zero-order chi connectivity index (χ0) is 34.3. The van der Waals surface area contributed by atoms with Crippen molar-refractivity contribution in [1.29, 1.82) is 0 Å². The van der Waals surface area contributed by atoms with Crippen LogP contribution in [0.4, 0.5) is 14.5 Å². The molecule has 0 spiro atoms. The average Bonchev–Trinajstić information content (AvgIpc) is 2.97. The van der Waals surface area contributed by atoms with Crippen molar-refractivity contribution in [3.05, 3.63) is 76.1 Å². The van der Waals surface area contributed by atoms with E-state index in [4.69, 9.17) is 19.2 Å². The first kappa shape index (κ1) is 34.8. The standard InChI is InChI=1S/C39H50F2N2O4/c1-23(2)45-37(44)36(47-38(5,6)7)34-25(4)42-24(3)33(35(34)43-18-16-39(8,9)17-19-43)28-12-15-32-27(22-28)11-13-29(46-32)20-26-10-14-30(40)31(41)21-26/h10,12,14-15,21-23,29,36H,11,13,16-20H2,1-9H3/t29-,36?/m0/s1. The van der Waals surface area contributed by atoms with E-state index in [1.807, 2.05) is 54.5 Å². The molecular formula is C39H50F2N2O4. The first-order valence-corrected chi connectivity index (χ1v) is 16.9. The first-order chi connectivity index (χ1) is 22.0. The molecule has 1 aromatic heterocycles. The summed E-state index contributed by atoms with van der Waals surface area (Å²) in [6, 6.07) is 10.3. The summed E-state index contributed by atoms with van der Waals surface area (Å²) >= 11 is 0. The number of esters is 1. The normalized spacial score (nSPS) is 18.5. The Bertz CT molecular complexity index is 1620. The number of hydrogen-bond acceptors (Lipinski definition) is 6. The number of nitrogens with zero attached hydrogens (tertiary/aromatic N) is 2. The maximum atomic E-state index is 13.8. The molecule has 0 saturated carbocycles. The second-order valence-corrected chi connectivity index (χ2v) is 15.2. The fourth-order valence-corrected chi connectivity index (χ4v) is 6.71. The van der Waals surface area contributed by atoms with Crippen LogP contribution in [0, 0.1) is 30.9 Å². The summed E-state index contributed by atoms with van der Waals surface area (Å²) in [4.78, 5) is 21.2. The molecule has 0 radical (unpaired) electrons. The number of anilines is 1. The minimum absolute atomic E-state index is 0.137. The van der Waals surface area contributed by atoms with Gasteiger partial charge >= 0.3 is 5.97 Å². The molecule has 1 unspecified atom stereocenters. The number of halogens is 2. The second kappa shape index (κ2) is 13.5. The lowest BCUT2D eigenvalue weighted by Gasteiger charge is -2.41. The minimum atomic E-state index is -0.952. The first-order valence-electron chi connectivity index (χ1n) is 16.9. The summed E-state index contributed by atoms with van der Waals surface area (Å²) in [5.41, 5.74) is 6.76. The van der Waals surface area contributed by atoms with Crippen LogP contribution >= 0.6 is 0 Å². The van der Waals surface area contributed by atoms with Crippen molar-refractivity contribution in [2.45, 2.75) is 118 Å². The van der Waals surface area contributed by atoms with Crippen LogP contribution in [0.3, 0.4) is 0 Å². The highest BCUT2D eigenvalue weighted by Crippen LogP contribution is 2.46. The molecule has 254 valence electrons. The number of benzene rings is 2. The van der Waals surface area contributed by atoms with Gasteiger partial charge in [0.25, 0.3) is 0 Å². The average molecular weight is 649 g/mol. The summed E-state index contributed by atoms with van der Waals surface area (Å²) in [7, 11) is 0. The van der Waals surface area contributed by atoms with Crippen molar-refractivity contribution in [3.63, 3.8) is 0 Å². The van der Waals surface area contributed by atoms with Gasteiger partial charge in [0.05, 0.1) is 17.4 Å². The van der Waals surface area contributed by atoms with Gasteiger partial charge in [0, 0.05) is 42.0 Å². The largest absolute Gasteiger partial charge is 0.490 e. The van der Waals surface area contributed by atoms with Gasteiger partial charge < -0.3 is 19.1 Å². The minimum Gasteiger partial charge on any atom is -0.490 e. The number of rotatable bonds is 8. The fourth-order valence-electron chi connectivity index (χ4n) is 6.71. The van der Waals surface area contributed by atoms with Gasteiger partial charge in [-0.25, -0.2) is 13.6 Å². The third-order valence-electron chi connectivity index (χ3n) is 9.14. The molecular weight excluding hydrogens is 598 g/mol. The topological polar surface area (TPSA) is 60.9 Å². The Hall–Kier alpha value is -3.52. The molecule has 2 aromatic carbocycles. The predicted molar refractivity (Wildman–Crippen MR) is 182 cm³/mol. The van der Waals surface area contributed by atoms with E-state index in [2.05, 4.69) is 30.9 Å². The molecule has 0 amide bonds. The lowest BCUT2D eigenvalue weighted by Crippen LogP contribution is -2.39. The van der Waals surface area contributed by atoms with Crippen LogP contribution in [0.2, 0.25) is 0 Å². The molecule has 1 saturated heterocycles. The maximum Gasteiger partial charge on any atom is 0.340 e. The van der Waals surface area contributed by atoms with Crippen molar-refractivity contribution in [2.24, 2.45) is 5.41 Å². The third kappa shape index (κ3) is 8.14. The van der Waals surface area contributed by atoms with Gasteiger partial charge in [-0.1, -0.05) is 26.0 Å². The molecule has 3 aromatic rings. The summed E-state index contributed by atoms with van der Waals surface area (Å²) in [5, 5.41) is 0. The quantitative estimate of drug-likeness (QED) is 0.227. The smallest absolute Gasteiger partial charge is 0.340 e. The number of hydrogen-bond donors (Lipinski definition) is 0. The summed E-state index contributed by atoms with van der Waals surface area (Å²) in [5.74, 6) is -1.31. The Morgan fingerprint density at radius 1 is 1.04 bits per heavy atom. The van der Waals surface area contributed by atoms with Gasteiger partial charge in [-0.2, -0.15) is 0 Å². The molecule has 6 nitrogen and oxygen atoms in total. The molecule has 2 aliphatic heterocycles. The Labute approximate surface area is 278 Å². The van der Waals surface area contributed by atoms with Gasteiger partial charge in [0.15, 0.2) is 17.7 Å². The van der Waals surface area contributed by atoms with E-state index in [-0.39, 0.29) is 17.6 Å². The van der Waals surface area contributed by atoms with E-state index >= 15 is 0 Å². The van der Waals surface area contributed by atoms with Crippen LogP contribution < -0.4 is 9.64 Å². The van der Waals surface area contributed by atoms with Gasteiger partial charge in [-0.05, 0) is 121 Å². The Morgan fingerprint density at radius 3 is 2.38 bits per heavy atom. The number of pyridine rings is 1. The van der Waals surface area contributed by atoms with Gasteiger partial charge in [-0.3, -0.25) is 4.98 Å². The van der Waals surface area contributed by atoms with Gasteiger partial charge in [-0.15, -0.1) is 0 Å². The second-order valence-electron chi connectivity index (χ2n) is 15.2. The highest BCUT2D eigenvalue weighted by Gasteiger charge is 2.38. The number of aromatic nitrogens is 1. The monoisotopic (exact) mass is 648 g/mol. The van der Waals surface area contributed by atoms with E-state index in [9.17, 15) is 13.6 Å². The van der Waals surface area contributed by atoms with E-state index < -0.39 is 29.3 Å². The zero-order valence-electron chi connectivity index (χ0n) is 29.4. The molecule has 47 heavy (non-hydrogen) atoms. The van der Waals surface area contributed by atoms with Crippen molar-refractivity contribution in [1.82, 2.24) is 4.98 Å². The van der Waals surface area contributed by atoms with Crippen LogP contribution in [0.5, 0.6) is 5.75 Å². The van der Waals surface area contributed by atoms with Crippen molar-refractivity contribution < 1.29 is 27.8 Å². The molecule has 8 heteroatoms. The lowest BCUT2D eigenvalue weighted by atomic mass is 9.81. The van der Waals surface area contributed by atoms with Gasteiger partial charge in [0.2, 0.25) is 0 Å². The summed E-state index contributed by atoms with van der Waals surface area (Å²) < 4.78 is 46.0. The number of fused-ring (bicyclic) bond motifs is 1. The number of piperidine rings is 1. The number of aryl methyl sites for hydroxylation is 3. The molecule has 3 heterocycles. The molecule has 2 atom stereocenters. The highest BCUT2D eigenvalue weighted by molar-refractivity contribution is 5.89. The summed E-state index contributed by atoms with van der Waals surface area (Å²) in [6.45, 7) is 19.9. The fraction of sp³-hybridized carbons (Fsp3) is 0.538. The zero-order valence-corrected chi connectivity index (χ0v) is 29.4. The number of carbonyl (C=O) groups excluding carboxylic acids is 1. The number of carbonyl (C=O) groups is 1. The Kier molecular flexibility index (Phi) is 10.0. The van der Waals surface area contributed by atoms with E-state index in [1.165, 1.54) is 12.1 Å². The lowest BCUT2D eigenvalue weighted by molar-refractivity contribution is -0.171. The SMILES string of the molecule is Cc1nc(C)c(C(OC(C)(C)C)C(=O)OC(C)C)c(N2CCC(C)(C)CC2)c1-c1ccc2c(c1)CC[C@@H](Cc1ccc(F)c(F)c1)O2. The Morgan fingerprint density at radius 2 is 1.74 bits per heavy atom. The Balaban J connectivity index is 1.58. The number of ether oxygens (including phenoxy) is 3. The van der Waals surface area contributed by atoms with Crippen LogP contribution in [-0.2, 0) is 27.1 Å². The van der Waals surface area contributed by atoms with Crippen LogP contribution in [0.1, 0.15) is 102 Å². The van der Waals surface area contributed by atoms with Crippen LogP contribution in [0.25, 0.3) is 11.1 Å². The van der Waals surface area contributed by atoms with Crippen molar-refractivity contribution in [3.8, 4) is 16.9 Å². The van der Waals surface area contributed by atoms with Crippen LogP contribution in [-0.4, -0.2) is 41.9 Å². The van der Waals surface area contributed by atoms with E-state index in [1.54, 1.807) is 6.07 Å². The third-order valence-corrected chi connectivity index (χ3v) is 9.14. The van der Waals surface area contributed by atoms with Crippen molar-refractivity contribution >= 4 is 11.7 Å².